The molecule has 0 unspecified atom stereocenters. The highest BCUT2D eigenvalue weighted by molar-refractivity contribution is 5.81. The van der Waals surface area contributed by atoms with Crippen LogP contribution >= 0.6 is 0 Å². The van der Waals surface area contributed by atoms with Gasteiger partial charge in [0, 0.05) is 38.3 Å². The first-order chi connectivity index (χ1) is 11.4. The lowest BCUT2D eigenvalue weighted by Gasteiger charge is -2.29. The minimum absolute atomic E-state index is 0.739. The lowest BCUT2D eigenvalue weighted by atomic mass is 9.90. The van der Waals surface area contributed by atoms with Crippen LogP contribution in [0.3, 0.4) is 0 Å². The highest BCUT2D eigenvalue weighted by Crippen LogP contribution is 2.35. The SMILES string of the molecule is NCCN1CCC(=C2c3ccccc3CCn3ncnc32)CC1. The second kappa shape index (κ2) is 6.26. The maximum absolute atomic E-state index is 5.69. The summed E-state index contributed by atoms with van der Waals surface area (Å²) in [5, 5.41) is 4.43. The third-order valence-corrected chi connectivity index (χ3v) is 4.98. The van der Waals surface area contributed by atoms with Gasteiger partial charge in [0.15, 0.2) is 5.82 Å². The zero-order valence-corrected chi connectivity index (χ0v) is 13.4. The topological polar surface area (TPSA) is 60.0 Å². The number of nitrogens with two attached hydrogens (primary N) is 1. The third kappa shape index (κ3) is 2.71. The van der Waals surface area contributed by atoms with Crippen LogP contribution in [0.15, 0.2) is 36.2 Å². The smallest absolute Gasteiger partial charge is 0.158 e. The summed E-state index contributed by atoms with van der Waals surface area (Å²) < 4.78 is 2.06. The molecule has 2 N–H and O–H groups in total. The predicted molar refractivity (Wildman–Crippen MR) is 90.9 cm³/mol. The summed E-state index contributed by atoms with van der Waals surface area (Å²) in [7, 11) is 0. The largest absolute Gasteiger partial charge is 0.329 e. The van der Waals surface area contributed by atoms with E-state index >= 15 is 0 Å². The van der Waals surface area contributed by atoms with E-state index in [1.54, 1.807) is 6.33 Å². The van der Waals surface area contributed by atoms with Crippen molar-refractivity contribution in [2.24, 2.45) is 5.73 Å². The Morgan fingerprint density at radius 1 is 1.04 bits per heavy atom. The molecule has 1 saturated heterocycles. The molecule has 2 aromatic rings. The van der Waals surface area contributed by atoms with Crippen LogP contribution in [0.1, 0.15) is 29.8 Å². The first kappa shape index (κ1) is 14.6. The molecule has 1 aromatic heterocycles. The van der Waals surface area contributed by atoms with Crippen molar-refractivity contribution in [1.29, 1.82) is 0 Å². The van der Waals surface area contributed by atoms with Gasteiger partial charge in [-0.15, -0.1) is 0 Å². The molecule has 23 heavy (non-hydrogen) atoms. The van der Waals surface area contributed by atoms with E-state index in [9.17, 15) is 0 Å². The first-order valence-electron chi connectivity index (χ1n) is 8.47. The second-order valence-corrected chi connectivity index (χ2v) is 6.32. The van der Waals surface area contributed by atoms with E-state index in [0.717, 1.165) is 57.8 Å². The highest BCUT2D eigenvalue weighted by atomic mass is 15.3. The van der Waals surface area contributed by atoms with Gasteiger partial charge in [-0.2, -0.15) is 5.10 Å². The van der Waals surface area contributed by atoms with Crippen molar-refractivity contribution in [3.05, 3.63) is 53.1 Å². The van der Waals surface area contributed by atoms with Crippen molar-refractivity contribution in [3.8, 4) is 0 Å². The molecule has 1 fully saturated rings. The molecule has 5 heteroatoms. The number of nitrogens with zero attached hydrogens (tertiary/aromatic N) is 4. The summed E-state index contributed by atoms with van der Waals surface area (Å²) >= 11 is 0. The molecule has 0 atom stereocenters. The van der Waals surface area contributed by atoms with Gasteiger partial charge in [-0.05, 0) is 30.4 Å². The van der Waals surface area contributed by atoms with Gasteiger partial charge in [0.25, 0.3) is 0 Å². The predicted octanol–water partition coefficient (Wildman–Crippen LogP) is 1.69. The molecule has 0 amide bonds. The summed E-state index contributed by atoms with van der Waals surface area (Å²) in [6.45, 7) is 4.82. The quantitative estimate of drug-likeness (QED) is 0.917. The maximum Gasteiger partial charge on any atom is 0.158 e. The van der Waals surface area contributed by atoms with Crippen LogP contribution in [-0.4, -0.2) is 45.8 Å². The van der Waals surface area contributed by atoms with Gasteiger partial charge in [0.05, 0.1) is 0 Å². The molecule has 0 aliphatic carbocycles. The summed E-state index contributed by atoms with van der Waals surface area (Å²) in [4.78, 5) is 7.04. The fourth-order valence-corrected chi connectivity index (χ4v) is 3.78. The molecule has 2 aliphatic heterocycles. The molecule has 3 heterocycles. The monoisotopic (exact) mass is 309 g/mol. The van der Waals surface area contributed by atoms with E-state index in [2.05, 4.69) is 43.9 Å². The fourth-order valence-electron chi connectivity index (χ4n) is 3.78. The Balaban J connectivity index is 1.78. The molecule has 0 radical (unpaired) electrons. The maximum atomic E-state index is 5.69. The van der Waals surface area contributed by atoms with Crippen LogP contribution in [0, 0.1) is 0 Å². The van der Waals surface area contributed by atoms with Gasteiger partial charge in [-0.3, -0.25) is 0 Å². The Bertz CT molecular complexity index is 721. The van der Waals surface area contributed by atoms with Crippen LogP contribution in [0.4, 0.5) is 0 Å². The van der Waals surface area contributed by atoms with Crippen molar-refractivity contribution in [2.75, 3.05) is 26.2 Å². The van der Waals surface area contributed by atoms with E-state index in [1.807, 2.05) is 0 Å². The summed E-state index contributed by atoms with van der Waals surface area (Å²) in [6.07, 6.45) is 4.89. The van der Waals surface area contributed by atoms with Gasteiger partial charge < -0.3 is 10.6 Å². The van der Waals surface area contributed by atoms with Gasteiger partial charge in [-0.1, -0.05) is 29.8 Å². The number of fused-ring (bicyclic) bond motifs is 2. The number of likely N-dealkylation sites (tertiary alicyclic amines) is 1. The van der Waals surface area contributed by atoms with Gasteiger partial charge in [0.2, 0.25) is 0 Å². The van der Waals surface area contributed by atoms with Crippen LogP contribution in [0.5, 0.6) is 0 Å². The number of hydrogen-bond donors (Lipinski definition) is 1. The molecular formula is C18H23N5. The molecule has 4 rings (SSSR count). The average Bonchev–Trinajstić information content (AvgIpc) is 2.98. The Morgan fingerprint density at radius 3 is 2.70 bits per heavy atom. The van der Waals surface area contributed by atoms with Crippen LogP contribution in [0.25, 0.3) is 5.57 Å². The van der Waals surface area contributed by atoms with E-state index in [4.69, 9.17) is 5.73 Å². The summed E-state index contributed by atoms with van der Waals surface area (Å²) in [5.41, 5.74) is 11.3. The van der Waals surface area contributed by atoms with Crippen LogP contribution in [0.2, 0.25) is 0 Å². The molecule has 0 saturated carbocycles. The highest BCUT2D eigenvalue weighted by Gasteiger charge is 2.25. The third-order valence-electron chi connectivity index (χ3n) is 4.98. The normalized spacial score (nSPS) is 18.5. The standard InChI is InChI=1S/C18H23N5/c19-8-12-22-9-5-15(6-10-22)17-16-4-2-1-3-14(16)7-11-23-18(17)20-13-21-23/h1-4,13H,5-12,19H2. The Kier molecular flexibility index (Phi) is 3.97. The minimum atomic E-state index is 0.739. The van der Waals surface area contributed by atoms with E-state index < -0.39 is 0 Å². The molecule has 0 bridgehead atoms. The molecule has 1 aromatic carbocycles. The number of hydrogen-bond acceptors (Lipinski definition) is 4. The van der Waals surface area contributed by atoms with Crippen LogP contribution in [-0.2, 0) is 13.0 Å². The number of benzene rings is 1. The van der Waals surface area contributed by atoms with Crippen molar-refractivity contribution in [2.45, 2.75) is 25.8 Å². The van der Waals surface area contributed by atoms with Crippen molar-refractivity contribution < 1.29 is 0 Å². The zero-order valence-electron chi connectivity index (χ0n) is 13.4. The molecule has 0 spiro atoms. The van der Waals surface area contributed by atoms with Gasteiger partial charge in [-0.25, -0.2) is 9.67 Å². The molecule has 5 nitrogen and oxygen atoms in total. The number of rotatable bonds is 2. The van der Waals surface area contributed by atoms with Crippen molar-refractivity contribution in [3.63, 3.8) is 0 Å². The second-order valence-electron chi connectivity index (χ2n) is 6.32. The number of aromatic nitrogens is 3. The Hall–Kier alpha value is -1.98. The van der Waals surface area contributed by atoms with E-state index in [1.165, 1.54) is 22.3 Å². The summed E-state index contributed by atoms with van der Waals surface area (Å²) in [5.74, 6) is 1.04. The molecule has 2 aliphatic rings. The van der Waals surface area contributed by atoms with Crippen LogP contribution < -0.4 is 5.73 Å². The zero-order chi connectivity index (χ0) is 15.6. The van der Waals surface area contributed by atoms with E-state index in [0.29, 0.717) is 0 Å². The average molecular weight is 309 g/mol. The van der Waals surface area contributed by atoms with Gasteiger partial charge in [0.1, 0.15) is 6.33 Å². The van der Waals surface area contributed by atoms with Crippen molar-refractivity contribution in [1.82, 2.24) is 19.7 Å². The number of piperidine rings is 1. The molecule has 120 valence electrons. The van der Waals surface area contributed by atoms with E-state index in [-0.39, 0.29) is 0 Å². The number of aryl methyl sites for hydroxylation is 2. The Labute approximate surface area is 136 Å². The van der Waals surface area contributed by atoms with Gasteiger partial charge >= 0.3 is 0 Å². The molecular weight excluding hydrogens is 286 g/mol. The first-order valence-corrected chi connectivity index (χ1v) is 8.47. The lowest BCUT2D eigenvalue weighted by molar-refractivity contribution is 0.264. The minimum Gasteiger partial charge on any atom is -0.329 e. The fraction of sp³-hybridized carbons (Fsp3) is 0.444. The van der Waals surface area contributed by atoms with Crippen molar-refractivity contribution >= 4 is 5.57 Å². The Morgan fingerprint density at radius 2 is 1.87 bits per heavy atom. The summed E-state index contributed by atoms with van der Waals surface area (Å²) in [6, 6.07) is 8.75. The lowest BCUT2D eigenvalue weighted by Crippen LogP contribution is -2.35.